The molecule has 0 saturated carbocycles. The second-order valence-electron chi connectivity index (χ2n) is 4.96. The molecule has 5 nitrogen and oxygen atoms in total. The Morgan fingerprint density at radius 1 is 1.09 bits per heavy atom. The standard InChI is InChI=1S/C17H13ClN4O/c1-11-2-4-14(13(18)8-11)22-17(23)15-5-3-12(9-21-15)16-10-19-6-7-20-16/h2-10H,1H3,(H,22,23). The van der Waals surface area contributed by atoms with Gasteiger partial charge < -0.3 is 5.32 Å². The van der Waals surface area contributed by atoms with E-state index in [9.17, 15) is 4.79 Å². The molecule has 1 amide bonds. The Morgan fingerprint density at radius 3 is 2.61 bits per heavy atom. The van der Waals surface area contributed by atoms with Crippen LogP contribution in [0.2, 0.25) is 5.02 Å². The molecule has 0 aliphatic rings. The summed E-state index contributed by atoms with van der Waals surface area (Å²) in [7, 11) is 0. The number of pyridine rings is 1. The van der Waals surface area contributed by atoms with E-state index in [0.29, 0.717) is 22.1 Å². The van der Waals surface area contributed by atoms with Crippen LogP contribution in [0.5, 0.6) is 0 Å². The molecule has 0 fully saturated rings. The number of aromatic nitrogens is 3. The fraction of sp³-hybridized carbons (Fsp3) is 0.0588. The molecule has 0 radical (unpaired) electrons. The van der Waals surface area contributed by atoms with Crippen LogP contribution in [0, 0.1) is 6.92 Å². The molecule has 0 atom stereocenters. The summed E-state index contributed by atoms with van der Waals surface area (Å²) < 4.78 is 0. The van der Waals surface area contributed by atoms with E-state index in [1.54, 1.807) is 49.1 Å². The molecule has 1 aromatic carbocycles. The van der Waals surface area contributed by atoms with Crippen LogP contribution in [0.25, 0.3) is 11.3 Å². The number of nitrogens with one attached hydrogen (secondary N) is 1. The third-order valence-corrected chi connectivity index (χ3v) is 3.54. The van der Waals surface area contributed by atoms with Gasteiger partial charge in [-0.2, -0.15) is 0 Å². The molecule has 3 aromatic rings. The van der Waals surface area contributed by atoms with Gasteiger partial charge in [0.1, 0.15) is 5.69 Å². The maximum Gasteiger partial charge on any atom is 0.274 e. The van der Waals surface area contributed by atoms with Gasteiger partial charge in [0.05, 0.1) is 22.6 Å². The highest BCUT2D eigenvalue weighted by Gasteiger charge is 2.10. The number of amides is 1. The lowest BCUT2D eigenvalue weighted by molar-refractivity contribution is 0.102. The minimum atomic E-state index is -0.318. The Kier molecular flexibility index (Phi) is 4.30. The number of rotatable bonds is 3. The van der Waals surface area contributed by atoms with Gasteiger partial charge in [0, 0.05) is 24.2 Å². The van der Waals surface area contributed by atoms with Crippen molar-refractivity contribution in [3.8, 4) is 11.3 Å². The normalized spacial score (nSPS) is 10.3. The summed E-state index contributed by atoms with van der Waals surface area (Å²) in [6.45, 7) is 1.93. The quantitative estimate of drug-likeness (QED) is 0.796. The molecule has 114 valence electrons. The lowest BCUT2D eigenvalue weighted by atomic mass is 10.2. The fourth-order valence-electron chi connectivity index (χ4n) is 2.04. The number of carbonyl (C=O) groups is 1. The maximum absolute atomic E-state index is 12.2. The van der Waals surface area contributed by atoms with Crippen molar-refractivity contribution in [1.82, 2.24) is 15.0 Å². The molecular formula is C17H13ClN4O. The summed E-state index contributed by atoms with van der Waals surface area (Å²) in [5, 5.41) is 3.25. The van der Waals surface area contributed by atoms with Crippen molar-refractivity contribution in [2.75, 3.05) is 5.32 Å². The van der Waals surface area contributed by atoms with Crippen molar-refractivity contribution in [3.63, 3.8) is 0 Å². The molecule has 2 aromatic heterocycles. The van der Waals surface area contributed by atoms with E-state index in [-0.39, 0.29) is 5.91 Å². The molecule has 1 N–H and O–H groups in total. The lowest BCUT2D eigenvalue weighted by Crippen LogP contribution is -2.13. The number of carbonyl (C=O) groups excluding carboxylic acids is 1. The van der Waals surface area contributed by atoms with Gasteiger partial charge in [-0.15, -0.1) is 0 Å². The Bertz CT molecular complexity index is 835. The van der Waals surface area contributed by atoms with Crippen LogP contribution in [0.4, 0.5) is 5.69 Å². The molecule has 0 bridgehead atoms. The van der Waals surface area contributed by atoms with E-state index in [0.717, 1.165) is 11.1 Å². The van der Waals surface area contributed by atoms with Gasteiger partial charge >= 0.3 is 0 Å². The zero-order valence-electron chi connectivity index (χ0n) is 12.3. The first kappa shape index (κ1) is 15.1. The zero-order valence-corrected chi connectivity index (χ0v) is 13.1. The molecule has 0 unspecified atom stereocenters. The van der Waals surface area contributed by atoms with Gasteiger partial charge in [-0.25, -0.2) is 0 Å². The SMILES string of the molecule is Cc1ccc(NC(=O)c2ccc(-c3cnccn3)cn2)c(Cl)c1. The highest BCUT2D eigenvalue weighted by molar-refractivity contribution is 6.34. The predicted octanol–water partition coefficient (Wildman–Crippen LogP) is 3.75. The van der Waals surface area contributed by atoms with E-state index >= 15 is 0 Å². The minimum Gasteiger partial charge on any atom is -0.319 e. The number of anilines is 1. The lowest BCUT2D eigenvalue weighted by Gasteiger charge is -2.08. The van der Waals surface area contributed by atoms with Crippen LogP contribution in [-0.4, -0.2) is 20.9 Å². The Hall–Kier alpha value is -2.79. The summed E-state index contributed by atoms with van der Waals surface area (Å²) in [6.07, 6.45) is 6.44. The average Bonchev–Trinajstić information content (AvgIpc) is 2.58. The average molecular weight is 325 g/mol. The Balaban J connectivity index is 1.78. The molecule has 6 heteroatoms. The molecule has 0 saturated heterocycles. The molecule has 0 aliphatic carbocycles. The van der Waals surface area contributed by atoms with Crippen molar-refractivity contribution in [1.29, 1.82) is 0 Å². The number of hydrogen-bond donors (Lipinski definition) is 1. The summed E-state index contributed by atoms with van der Waals surface area (Å²) >= 11 is 6.12. The highest BCUT2D eigenvalue weighted by Crippen LogP contribution is 2.23. The van der Waals surface area contributed by atoms with Crippen LogP contribution in [0.15, 0.2) is 55.1 Å². The number of benzene rings is 1. The monoisotopic (exact) mass is 324 g/mol. The minimum absolute atomic E-state index is 0.300. The van der Waals surface area contributed by atoms with Gasteiger partial charge in [-0.3, -0.25) is 19.7 Å². The van der Waals surface area contributed by atoms with Gasteiger partial charge in [-0.05, 0) is 36.8 Å². The van der Waals surface area contributed by atoms with Gasteiger partial charge in [0.15, 0.2) is 0 Å². The van der Waals surface area contributed by atoms with E-state index in [2.05, 4.69) is 20.3 Å². The number of aryl methyl sites for hydroxylation is 1. The van der Waals surface area contributed by atoms with Crippen molar-refractivity contribution >= 4 is 23.2 Å². The van der Waals surface area contributed by atoms with E-state index in [4.69, 9.17) is 11.6 Å². The largest absolute Gasteiger partial charge is 0.319 e. The zero-order chi connectivity index (χ0) is 16.2. The summed E-state index contributed by atoms with van der Waals surface area (Å²) in [6, 6.07) is 8.86. The van der Waals surface area contributed by atoms with Crippen molar-refractivity contribution in [2.45, 2.75) is 6.92 Å². The van der Waals surface area contributed by atoms with E-state index in [1.807, 2.05) is 13.0 Å². The van der Waals surface area contributed by atoms with Crippen LogP contribution in [0.3, 0.4) is 0 Å². The molecule has 3 rings (SSSR count). The first-order chi connectivity index (χ1) is 11.1. The Morgan fingerprint density at radius 2 is 1.96 bits per heavy atom. The molecular weight excluding hydrogens is 312 g/mol. The smallest absolute Gasteiger partial charge is 0.274 e. The second kappa shape index (κ2) is 6.54. The van der Waals surface area contributed by atoms with Crippen LogP contribution < -0.4 is 5.32 Å². The summed E-state index contributed by atoms with van der Waals surface area (Å²) in [4.78, 5) is 24.6. The Labute approximate surface area is 138 Å². The van der Waals surface area contributed by atoms with E-state index < -0.39 is 0 Å². The van der Waals surface area contributed by atoms with Crippen molar-refractivity contribution < 1.29 is 4.79 Å². The molecule has 2 heterocycles. The number of halogens is 1. The molecule has 0 spiro atoms. The molecule has 23 heavy (non-hydrogen) atoms. The van der Waals surface area contributed by atoms with Gasteiger partial charge in [-0.1, -0.05) is 17.7 Å². The predicted molar refractivity (Wildman–Crippen MR) is 89.4 cm³/mol. The molecule has 0 aliphatic heterocycles. The van der Waals surface area contributed by atoms with Crippen molar-refractivity contribution in [2.24, 2.45) is 0 Å². The second-order valence-corrected chi connectivity index (χ2v) is 5.37. The fourth-order valence-corrected chi connectivity index (χ4v) is 2.32. The topological polar surface area (TPSA) is 67.8 Å². The van der Waals surface area contributed by atoms with Crippen LogP contribution in [-0.2, 0) is 0 Å². The van der Waals surface area contributed by atoms with E-state index in [1.165, 1.54) is 0 Å². The summed E-state index contributed by atoms with van der Waals surface area (Å²) in [5.74, 6) is -0.318. The third kappa shape index (κ3) is 3.52. The number of nitrogens with zero attached hydrogens (tertiary/aromatic N) is 3. The van der Waals surface area contributed by atoms with Crippen LogP contribution in [0.1, 0.15) is 16.1 Å². The highest BCUT2D eigenvalue weighted by atomic mass is 35.5. The van der Waals surface area contributed by atoms with Crippen LogP contribution >= 0.6 is 11.6 Å². The van der Waals surface area contributed by atoms with Gasteiger partial charge in [0.2, 0.25) is 0 Å². The first-order valence-electron chi connectivity index (χ1n) is 6.93. The third-order valence-electron chi connectivity index (χ3n) is 3.23. The summed E-state index contributed by atoms with van der Waals surface area (Å²) in [5.41, 5.74) is 3.38. The van der Waals surface area contributed by atoms with Crippen molar-refractivity contribution in [3.05, 3.63) is 71.4 Å². The maximum atomic E-state index is 12.2. The first-order valence-corrected chi connectivity index (χ1v) is 7.31. The number of hydrogen-bond acceptors (Lipinski definition) is 4. The van der Waals surface area contributed by atoms with Gasteiger partial charge in [0.25, 0.3) is 5.91 Å².